The highest BCUT2D eigenvalue weighted by molar-refractivity contribution is 5.83. The number of hydrogen-bond acceptors (Lipinski definition) is 3. The number of fused-ring (bicyclic) bond motifs is 1. The molecule has 4 nitrogen and oxygen atoms in total. The highest BCUT2D eigenvalue weighted by Gasteiger charge is 2.45. The van der Waals surface area contributed by atoms with Crippen molar-refractivity contribution in [2.75, 3.05) is 13.3 Å². The number of rotatable bonds is 5. The molecule has 1 aliphatic heterocycles. The van der Waals surface area contributed by atoms with Gasteiger partial charge in [0.2, 0.25) is 12.7 Å². The van der Waals surface area contributed by atoms with Gasteiger partial charge in [-0.2, -0.15) is 13.2 Å². The van der Waals surface area contributed by atoms with Crippen LogP contribution >= 0.6 is 0 Å². The molecule has 28 heavy (non-hydrogen) atoms. The van der Waals surface area contributed by atoms with Gasteiger partial charge >= 0.3 is 6.18 Å². The van der Waals surface area contributed by atoms with Crippen LogP contribution in [0.3, 0.4) is 0 Å². The predicted octanol–water partition coefficient (Wildman–Crippen LogP) is 4.59. The van der Waals surface area contributed by atoms with Crippen LogP contribution in [0.25, 0.3) is 0 Å². The summed E-state index contributed by atoms with van der Waals surface area (Å²) in [5, 5.41) is 0. The fourth-order valence-corrected chi connectivity index (χ4v) is 3.60. The Bertz CT molecular complexity index is 879. The van der Waals surface area contributed by atoms with Gasteiger partial charge in [0, 0.05) is 19.0 Å². The van der Waals surface area contributed by atoms with Gasteiger partial charge in [-0.05, 0) is 54.7 Å². The van der Waals surface area contributed by atoms with Crippen molar-refractivity contribution in [3.05, 3.63) is 59.2 Å². The molecule has 2 aromatic rings. The third-order valence-electron chi connectivity index (χ3n) is 5.28. The molecule has 1 saturated carbocycles. The second-order valence-corrected chi connectivity index (χ2v) is 7.11. The molecule has 148 valence electrons. The highest BCUT2D eigenvalue weighted by Crippen LogP contribution is 2.49. The zero-order valence-electron chi connectivity index (χ0n) is 15.3. The number of carbonyl (C=O) groups is 1. The number of ether oxygens (including phenoxy) is 2. The van der Waals surface area contributed by atoms with E-state index in [0.717, 1.165) is 23.3 Å². The molecule has 1 aliphatic carbocycles. The van der Waals surface area contributed by atoms with Gasteiger partial charge in [0.15, 0.2) is 11.5 Å². The number of carbonyl (C=O) groups excluding carboxylic acids is 1. The van der Waals surface area contributed by atoms with Crippen LogP contribution in [0.5, 0.6) is 11.5 Å². The number of alkyl halides is 3. The average Bonchev–Trinajstić information content (AvgIpc) is 3.34. The van der Waals surface area contributed by atoms with E-state index in [1.807, 2.05) is 25.1 Å². The lowest BCUT2D eigenvalue weighted by Gasteiger charge is -2.21. The van der Waals surface area contributed by atoms with Crippen molar-refractivity contribution in [1.29, 1.82) is 0 Å². The molecule has 1 fully saturated rings. The lowest BCUT2D eigenvalue weighted by molar-refractivity contribution is -0.137. The van der Waals surface area contributed by atoms with E-state index in [0.29, 0.717) is 31.0 Å². The van der Waals surface area contributed by atoms with Crippen molar-refractivity contribution in [1.82, 2.24) is 4.90 Å². The van der Waals surface area contributed by atoms with E-state index in [4.69, 9.17) is 9.47 Å². The fraction of sp³-hybridized carbons (Fsp3) is 0.381. The summed E-state index contributed by atoms with van der Waals surface area (Å²) in [7, 11) is 0. The van der Waals surface area contributed by atoms with Crippen molar-refractivity contribution < 1.29 is 27.4 Å². The quantitative estimate of drug-likeness (QED) is 0.749. The van der Waals surface area contributed by atoms with Gasteiger partial charge in [-0.3, -0.25) is 4.79 Å². The van der Waals surface area contributed by atoms with E-state index in [-0.39, 0.29) is 24.5 Å². The minimum atomic E-state index is -4.35. The van der Waals surface area contributed by atoms with Gasteiger partial charge < -0.3 is 14.4 Å². The SMILES string of the molecule is CCN(Cc1ccc2c(c1)OCO2)C(=O)C1CC1c1ccc(C(F)(F)F)cc1. The molecule has 7 heteroatoms. The smallest absolute Gasteiger partial charge is 0.416 e. The summed E-state index contributed by atoms with van der Waals surface area (Å²) in [5.74, 6) is 1.22. The van der Waals surface area contributed by atoms with Crippen molar-refractivity contribution >= 4 is 5.91 Å². The van der Waals surface area contributed by atoms with Crippen molar-refractivity contribution in [2.24, 2.45) is 5.92 Å². The number of amides is 1. The second-order valence-electron chi connectivity index (χ2n) is 7.11. The zero-order chi connectivity index (χ0) is 19.9. The Morgan fingerprint density at radius 3 is 2.50 bits per heavy atom. The molecule has 1 amide bonds. The van der Waals surface area contributed by atoms with Crippen molar-refractivity contribution in [3.63, 3.8) is 0 Å². The van der Waals surface area contributed by atoms with E-state index in [9.17, 15) is 18.0 Å². The van der Waals surface area contributed by atoms with Crippen LogP contribution in [0.2, 0.25) is 0 Å². The molecule has 2 unspecified atom stereocenters. The van der Waals surface area contributed by atoms with Gasteiger partial charge in [-0.25, -0.2) is 0 Å². The van der Waals surface area contributed by atoms with Gasteiger partial charge in [0.05, 0.1) is 5.56 Å². The Kier molecular flexibility index (Phi) is 4.69. The number of hydrogen-bond donors (Lipinski definition) is 0. The minimum absolute atomic E-state index is 0.0133. The third kappa shape index (κ3) is 3.66. The van der Waals surface area contributed by atoms with E-state index in [2.05, 4.69) is 0 Å². The maximum atomic E-state index is 12.9. The molecule has 4 rings (SSSR count). The van der Waals surface area contributed by atoms with Gasteiger partial charge in [0.1, 0.15) is 0 Å². The van der Waals surface area contributed by atoms with Crippen LogP contribution < -0.4 is 9.47 Å². The van der Waals surface area contributed by atoms with Gasteiger partial charge in [0.25, 0.3) is 0 Å². The van der Waals surface area contributed by atoms with Crippen molar-refractivity contribution in [3.8, 4) is 11.5 Å². The summed E-state index contributed by atoms with van der Waals surface area (Å²) in [6.45, 7) is 3.14. The molecular formula is C21H20F3NO3. The topological polar surface area (TPSA) is 38.8 Å². The van der Waals surface area contributed by atoms with Gasteiger partial charge in [-0.15, -0.1) is 0 Å². The zero-order valence-corrected chi connectivity index (χ0v) is 15.3. The van der Waals surface area contributed by atoms with Crippen LogP contribution in [0.1, 0.15) is 36.0 Å². The molecule has 0 saturated heterocycles. The van der Waals surface area contributed by atoms with Crippen LogP contribution in [-0.4, -0.2) is 24.1 Å². The number of nitrogens with zero attached hydrogens (tertiary/aromatic N) is 1. The van der Waals surface area contributed by atoms with Crippen LogP contribution in [0.15, 0.2) is 42.5 Å². The molecule has 0 radical (unpaired) electrons. The summed E-state index contributed by atoms with van der Waals surface area (Å²) < 4.78 is 48.8. The van der Waals surface area contributed by atoms with Crippen LogP contribution in [0, 0.1) is 5.92 Å². The lowest BCUT2D eigenvalue weighted by Crippen LogP contribution is -2.31. The summed E-state index contributed by atoms with van der Waals surface area (Å²) >= 11 is 0. The molecule has 1 heterocycles. The first-order valence-corrected chi connectivity index (χ1v) is 9.21. The molecule has 2 aromatic carbocycles. The van der Waals surface area contributed by atoms with Crippen molar-refractivity contribution in [2.45, 2.75) is 32.0 Å². The monoisotopic (exact) mass is 391 g/mol. The Morgan fingerprint density at radius 2 is 1.82 bits per heavy atom. The largest absolute Gasteiger partial charge is 0.454 e. The first-order chi connectivity index (χ1) is 13.4. The van der Waals surface area contributed by atoms with Crippen LogP contribution in [0.4, 0.5) is 13.2 Å². The minimum Gasteiger partial charge on any atom is -0.454 e. The van der Waals surface area contributed by atoms with Gasteiger partial charge in [-0.1, -0.05) is 18.2 Å². The Labute approximate surface area is 160 Å². The molecule has 0 aromatic heterocycles. The lowest BCUT2D eigenvalue weighted by atomic mass is 10.1. The van der Waals surface area contributed by atoms with E-state index in [1.165, 1.54) is 12.1 Å². The Morgan fingerprint density at radius 1 is 1.11 bits per heavy atom. The van der Waals surface area contributed by atoms with Crippen LogP contribution in [-0.2, 0) is 17.5 Å². The molecule has 0 N–H and O–H groups in total. The van der Waals surface area contributed by atoms with E-state index >= 15 is 0 Å². The van der Waals surface area contributed by atoms with E-state index in [1.54, 1.807) is 4.90 Å². The number of benzene rings is 2. The summed E-state index contributed by atoms with van der Waals surface area (Å²) in [6, 6.07) is 10.7. The maximum Gasteiger partial charge on any atom is 0.416 e. The molecule has 2 atom stereocenters. The maximum absolute atomic E-state index is 12.9. The highest BCUT2D eigenvalue weighted by atomic mass is 19.4. The standard InChI is InChI=1S/C21H20F3NO3/c1-2-25(11-13-3-8-18-19(9-13)28-12-27-18)20(26)17-10-16(17)14-4-6-15(7-5-14)21(22,23)24/h3-9,16-17H,2,10-12H2,1H3. The second kappa shape index (κ2) is 7.04. The molecule has 0 bridgehead atoms. The predicted molar refractivity (Wildman–Crippen MR) is 95.9 cm³/mol. The fourth-order valence-electron chi connectivity index (χ4n) is 3.60. The number of halogens is 3. The molecular weight excluding hydrogens is 371 g/mol. The Balaban J connectivity index is 1.41. The third-order valence-corrected chi connectivity index (χ3v) is 5.28. The normalized spacial score (nSPS) is 20.1. The molecule has 0 spiro atoms. The average molecular weight is 391 g/mol. The summed E-state index contributed by atoms with van der Waals surface area (Å²) in [4.78, 5) is 14.6. The first-order valence-electron chi connectivity index (χ1n) is 9.21. The molecule has 2 aliphatic rings. The Hall–Kier alpha value is -2.70. The summed E-state index contributed by atoms with van der Waals surface area (Å²) in [6.07, 6.45) is -3.68. The van der Waals surface area contributed by atoms with E-state index < -0.39 is 11.7 Å². The first kappa shape index (κ1) is 18.7. The summed E-state index contributed by atoms with van der Waals surface area (Å²) in [5.41, 5.74) is 1.06.